The number of hydrogen-bond donors (Lipinski definition) is 2. The molecule has 0 bridgehead atoms. The summed E-state index contributed by atoms with van der Waals surface area (Å²) in [5, 5.41) is 12.9. The van der Waals surface area contributed by atoms with E-state index in [9.17, 15) is 9.18 Å². The SMILES string of the molecule is N#Cc1ccc(-c2nc([C@H](Cc3ccccc3)NC(=O)CCc3cccc(Cl)c3)[nH]c2Cl)cc1F. The van der Waals surface area contributed by atoms with Gasteiger partial charge in [-0.3, -0.25) is 4.79 Å². The zero-order valence-electron chi connectivity index (χ0n) is 18.6. The van der Waals surface area contributed by atoms with Crippen LogP contribution in [0.2, 0.25) is 10.2 Å². The molecule has 0 radical (unpaired) electrons. The van der Waals surface area contributed by atoms with E-state index >= 15 is 0 Å². The number of nitrogens with one attached hydrogen (secondary N) is 2. The van der Waals surface area contributed by atoms with Gasteiger partial charge in [0.1, 0.15) is 28.6 Å². The number of nitriles is 1. The van der Waals surface area contributed by atoms with Gasteiger partial charge in [0.2, 0.25) is 5.91 Å². The number of amides is 1. The first-order valence-corrected chi connectivity index (χ1v) is 11.7. The number of imidazole rings is 1. The van der Waals surface area contributed by atoms with Gasteiger partial charge < -0.3 is 10.3 Å². The van der Waals surface area contributed by atoms with Gasteiger partial charge in [-0.25, -0.2) is 9.37 Å². The molecule has 1 atom stereocenters. The number of aromatic nitrogens is 2. The lowest BCUT2D eigenvalue weighted by Crippen LogP contribution is -2.31. The largest absolute Gasteiger partial charge is 0.346 e. The Bertz CT molecular complexity index is 1380. The zero-order valence-corrected chi connectivity index (χ0v) is 20.1. The van der Waals surface area contributed by atoms with E-state index in [0.29, 0.717) is 34.9 Å². The summed E-state index contributed by atoms with van der Waals surface area (Å²) in [5.74, 6) is -0.347. The van der Waals surface area contributed by atoms with Crippen LogP contribution in [0.1, 0.15) is 35.0 Å². The fourth-order valence-electron chi connectivity index (χ4n) is 3.76. The second-order valence-electron chi connectivity index (χ2n) is 8.03. The third-order valence-electron chi connectivity index (χ3n) is 5.52. The van der Waals surface area contributed by atoms with Gasteiger partial charge >= 0.3 is 0 Å². The highest BCUT2D eigenvalue weighted by atomic mass is 35.5. The van der Waals surface area contributed by atoms with E-state index in [1.807, 2.05) is 48.5 Å². The minimum absolute atomic E-state index is 0.0606. The van der Waals surface area contributed by atoms with Crippen LogP contribution in [0, 0.1) is 17.1 Å². The molecule has 176 valence electrons. The van der Waals surface area contributed by atoms with Gasteiger partial charge in [-0.2, -0.15) is 5.26 Å². The minimum atomic E-state index is -0.652. The predicted octanol–water partition coefficient (Wildman–Crippen LogP) is 6.43. The van der Waals surface area contributed by atoms with Crippen molar-refractivity contribution in [2.45, 2.75) is 25.3 Å². The average Bonchev–Trinajstić information content (AvgIpc) is 3.24. The number of halogens is 3. The molecule has 0 spiro atoms. The van der Waals surface area contributed by atoms with Gasteiger partial charge in [0.25, 0.3) is 0 Å². The molecular formula is C27H21Cl2FN4O. The monoisotopic (exact) mass is 506 g/mol. The Hall–Kier alpha value is -3.66. The highest BCUT2D eigenvalue weighted by Crippen LogP contribution is 2.29. The number of aryl methyl sites for hydroxylation is 1. The molecule has 4 rings (SSSR count). The molecule has 2 N–H and O–H groups in total. The fraction of sp³-hybridized carbons (Fsp3) is 0.148. The van der Waals surface area contributed by atoms with E-state index in [1.165, 1.54) is 12.1 Å². The molecule has 35 heavy (non-hydrogen) atoms. The Morgan fingerprint density at radius 1 is 1.06 bits per heavy atom. The van der Waals surface area contributed by atoms with Crippen LogP contribution >= 0.6 is 23.2 Å². The van der Waals surface area contributed by atoms with E-state index in [1.54, 1.807) is 18.2 Å². The molecule has 0 saturated heterocycles. The maximum absolute atomic E-state index is 14.2. The summed E-state index contributed by atoms with van der Waals surface area (Å²) in [7, 11) is 0. The van der Waals surface area contributed by atoms with Crippen LogP contribution in [0.5, 0.6) is 0 Å². The summed E-state index contributed by atoms with van der Waals surface area (Å²) in [6.07, 6.45) is 1.29. The van der Waals surface area contributed by atoms with E-state index in [-0.39, 0.29) is 23.0 Å². The topological polar surface area (TPSA) is 81.6 Å². The number of rotatable bonds is 8. The number of carbonyl (C=O) groups is 1. The molecule has 0 saturated carbocycles. The second-order valence-corrected chi connectivity index (χ2v) is 8.85. The van der Waals surface area contributed by atoms with Gasteiger partial charge in [-0.05, 0) is 48.2 Å². The molecule has 0 aliphatic heterocycles. The van der Waals surface area contributed by atoms with Crippen LogP contribution in [0.25, 0.3) is 11.3 Å². The lowest BCUT2D eigenvalue weighted by atomic mass is 10.0. The van der Waals surface area contributed by atoms with Crippen LogP contribution in [0.15, 0.2) is 72.8 Å². The van der Waals surface area contributed by atoms with Crippen molar-refractivity contribution in [2.75, 3.05) is 0 Å². The fourth-order valence-corrected chi connectivity index (χ4v) is 4.22. The van der Waals surface area contributed by atoms with Crippen LogP contribution in [-0.4, -0.2) is 15.9 Å². The van der Waals surface area contributed by atoms with Crippen molar-refractivity contribution < 1.29 is 9.18 Å². The van der Waals surface area contributed by atoms with Crippen molar-refractivity contribution in [2.24, 2.45) is 0 Å². The molecule has 4 aromatic rings. The van der Waals surface area contributed by atoms with Crippen molar-refractivity contribution in [1.82, 2.24) is 15.3 Å². The number of nitrogens with zero attached hydrogens (tertiary/aromatic N) is 2. The average molecular weight is 507 g/mol. The summed E-state index contributed by atoms with van der Waals surface area (Å²) in [4.78, 5) is 20.5. The van der Waals surface area contributed by atoms with E-state index in [2.05, 4.69) is 15.3 Å². The molecule has 8 heteroatoms. The second kappa shape index (κ2) is 11.2. The highest BCUT2D eigenvalue weighted by Gasteiger charge is 2.22. The number of aromatic amines is 1. The maximum Gasteiger partial charge on any atom is 0.220 e. The lowest BCUT2D eigenvalue weighted by molar-refractivity contribution is -0.121. The summed E-state index contributed by atoms with van der Waals surface area (Å²) in [5.41, 5.74) is 2.69. The minimum Gasteiger partial charge on any atom is -0.346 e. The first-order valence-electron chi connectivity index (χ1n) is 11.0. The number of carbonyl (C=O) groups excluding carboxylic acids is 1. The van der Waals surface area contributed by atoms with Crippen LogP contribution in [-0.2, 0) is 17.6 Å². The Balaban J connectivity index is 1.57. The first-order chi connectivity index (χ1) is 16.9. The van der Waals surface area contributed by atoms with Gasteiger partial charge in [-0.15, -0.1) is 0 Å². The molecule has 0 aliphatic rings. The molecule has 0 fully saturated rings. The molecule has 0 unspecified atom stereocenters. The third-order valence-corrected chi connectivity index (χ3v) is 6.03. The Morgan fingerprint density at radius 3 is 2.54 bits per heavy atom. The molecule has 1 amide bonds. The first kappa shape index (κ1) is 24.5. The summed E-state index contributed by atoms with van der Waals surface area (Å²) >= 11 is 12.5. The van der Waals surface area contributed by atoms with Gasteiger partial charge in [0.15, 0.2) is 0 Å². The van der Waals surface area contributed by atoms with Gasteiger partial charge in [-0.1, -0.05) is 71.7 Å². The van der Waals surface area contributed by atoms with Crippen molar-refractivity contribution in [3.05, 3.63) is 111 Å². The van der Waals surface area contributed by atoms with E-state index in [0.717, 1.165) is 11.1 Å². The molecule has 3 aromatic carbocycles. The van der Waals surface area contributed by atoms with Gasteiger partial charge in [0, 0.05) is 17.0 Å². The molecular weight excluding hydrogens is 486 g/mol. The van der Waals surface area contributed by atoms with Crippen molar-refractivity contribution in [1.29, 1.82) is 5.26 Å². The normalized spacial score (nSPS) is 11.6. The summed E-state index contributed by atoms with van der Waals surface area (Å²) < 4.78 is 14.2. The Kier molecular flexibility index (Phi) is 7.81. The Morgan fingerprint density at radius 2 is 1.83 bits per heavy atom. The zero-order chi connectivity index (χ0) is 24.8. The number of hydrogen-bond acceptors (Lipinski definition) is 3. The van der Waals surface area contributed by atoms with Crippen LogP contribution < -0.4 is 5.32 Å². The van der Waals surface area contributed by atoms with E-state index < -0.39 is 11.9 Å². The lowest BCUT2D eigenvalue weighted by Gasteiger charge is -2.17. The van der Waals surface area contributed by atoms with Crippen molar-refractivity contribution >= 4 is 29.1 Å². The van der Waals surface area contributed by atoms with Crippen molar-refractivity contribution in [3.63, 3.8) is 0 Å². The molecule has 1 heterocycles. The quantitative estimate of drug-likeness (QED) is 0.289. The van der Waals surface area contributed by atoms with Crippen LogP contribution in [0.4, 0.5) is 4.39 Å². The molecule has 0 aliphatic carbocycles. The predicted molar refractivity (Wildman–Crippen MR) is 135 cm³/mol. The molecule has 1 aromatic heterocycles. The number of benzene rings is 3. The highest BCUT2D eigenvalue weighted by molar-refractivity contribution is 6.32. The number of H-pyrrole nitrogens is 1. The third kappa shape index (κ3) is 6.27. The Labute approximate surface area is 212 Å². The molecule has 5 nitrogen and oxygen atoms in total. The summed E-state index contributed by atoms with van der Waals surface area (Å²) in [6, 6.07) is 22.6. The summed E-state index contributed by atoms with van der Waals surface area (Å²) in [6.45, 7) is 0. The smallest absolute Gasteiger partial charge is 0.220 e. The van der Waals surface area contributed by atoms with Gasteiger partial charge in [0.05, 0.1) is 11.6 Å². The standard InChI is InChI=1S/C27H21Cl2FN4O/c28-21-8-4-7-18(13-21)9-12-24(35)32-23(14-17-5-2-1-3-6-17)27-33-25(26(29)34-27)19-10-11-20(16-31)22(30)15-19/h1-8,10-11,13,15,23H,9,12,14H2,(H,32,35)(H,33,34)/t23-/m0/s1. The van der Waals surface area contributed by atoms with Crippen molar-refractivity contribution in [3.8, 4) is 17.3 Å². The van der Waals surface area contributed by atoms with Crippen LogP contribution in [0.3, 0.4) is 0 Å². The van der Waals surface area contributed by atoms with E-state index in [4.69, 9.17) is 28.5 Å². The maximum atomic E-state index is 14.2.